The van der Waals surface area contributed by atoms with Gasteiger partial charge in [0.25, 0.3) is 0 Å². The highest BCUT2D eigenvalue weighted by Gasteiger charge is 2.00. The smallest absolute Gasteiger partial charge is 0.221 e. The van der Waals surface area contributed by atoms with E-state index in [1.54, 1.807) is 18.8 Å². The maximum Gasteiger partial charge on any atom is 0.221 e. The molecule has 15 heavy (non-hydrogen) atoms. The molecule has 5 heteroatoms. The van der Waals surface area contributed by atoms with Crippen molar-refractivity contribution in [2.45, 2.75) is 11.8 Å². The Morgan fingerprint density at radius 2 is 2.07 bits per heavy atom. The summed E-state index contributed by atoms with van der Waals surface area (Å²) in [4.78, 5) is 11.9. The van der Waals surface area contributed by atoms with Gasteiger partial charge in [-0.15, -0.1) is 4.70 Å². The van der Waals surface area contributed by atoms with Crippen molar-refractivity contribution in [2.24, 2.45) is 0 Å². The number of hydrogen-bond acceptors (Lipinski definition) is 3. The molecular formula is C10H14N3OS+. The number of rotatable bonds is 4. The lowest BCUT2D eigenvalue weighted by Gasteiger charge is -2.02. The van der Waals surface area contributed by atoms with E-state index in [-0.39, 0.29) is 5.91 Å². The summed E-state index contributed by atoms with van der Waals surface area (Å²) < 4.78 is 1.37. The van der Waals surface area contributed by atoms with Gasteiger partial charge in [0.1, 0.15) is 0 Å². The van der Waals surface area contributed by atoms with Crippen molar-refractivity contribution in [1.29, 1.82) is 5.53 Å². The summed E-state index contributed by atoms with van der Waals surface area (Å²) in [7, 11) is 1.71. The van der Waals surface area contributed by atoms with E-state index in [9.17, 15) is 4.79 Å². The number of benzene rings is 1. The quantitative estimate of drug-likeness (QED) is 0.357. The maximum atomic E-state index is 10.8. The zero-order valence-corrected chi connectivity index (χ0v) is 9.60. The van der Waals surface area contributed by atoms with Crippen molar-refractivity contribution in [1.82, 2.24) is 0 Å². The van der Waals surface area contributed by atoms with Crippen LogP contribution in [0, 0.1) is 5.53 Å². The summed E-state index contributed by atoms with van der Waals surface area (Å²) in [6, 6.07) is 7.57. The summed E-state index contributed by atoms with van der Waals surface area (Å²) in [6.07, 6.45) is 0. The normalized spacial score (nSPS) is 9.73. The molecule has 0 fully saturated rings. The Hall–Kier alpha value is -1.36. The number of thioether (sulfide) groups is 1. The monoisotopic (exact) mass is 224 g/mol. The van der Waals surface area contributed by atoms with E-state index in [1.165, 1.54) is 11.6 Å². The van der Waals surface area contributed by atoms with Crippen molar-refractivity contribution in [3.63, 3.8) is 0 Å². The van der Waals surface area contributed by atoms with E-state index >= 15 is 0 Å². The Morgan fingerprint density at radius 1 is 1.47 bits per heavy atom. The SMILES string of the molecule is CC(=O)Nc1ccc(SC[N+](C)=N)cc1. The fourth-order valence-electron chi connectivity index (χ4n) is 1.01. The first-order valence-electron chi connectivity index (χ1n) is 4.51. The molecule has 1 amide bonds. The average Bonchev–Trinajstić information content (AvgIpc) is 2.16. The highest BCUT2D eigenvalue weighted by Crippen LogP contribution is 2.19. The van der Waals surface area contributed by atoms with Gasteiger partial charge < -0.3 is 5.32 Å². The van der Waals surface area contributed by atoms with Crippen LogP contribution in [-0.4, -0.2) is 23.5 Å². The van der Waals surface area contributed by atoms with Crippen LogP contribution in [0.1, 0.15) is 6.92 Å². The minimum atomic E-state index is -0.0682. The van der Waals surface area contributed by atoms with E-state index in [2.05, 4.69) is 5.32 Å². The van der Waals surface area contributed by atoms with Gasteiger partial charge in [0.2, 0.25) is 11.8 Å². The average molecular weight is 224 g/mol. The predicted molar refractivity (Wildman–Crippen MR) is 60.4 cm³/mol. The summed E-state index contributed by atoms with van der Waals surface area (Å²) >= 11 is 1.58. The van der Waals surface area contributed by atoms with Crippen LogP contribution in [-0.2, 0) is 4.79 Å². The molecular weight excluding hydrogens is 210 g/mol. The number of anilines is 1. The van der Waals surface area contributed by atoms with Gasteiger partial charge in [0, 0.05) is 17.5 Å². The fourth-order valence-corrected chi connectivity index (χ4v) is 1.68. The topological polar surface area (TPSA) is 56.0 Å². The Balaban J connectivity index is 2.56. The van der Waals surface area contributed by atoms with Gasteiger partial charge in [0.15, 0.2) is 7.05 Å². The molecule has 1 rings (SSSR count). The second-order valence-corrected chi connectivity index (χ2v) is 4.20. The zero-order valence-electron chi connectivity index (χ0n) is 8.78. The standard InChI is InChI=1S/C10H13N3OS/c1-8(14)12-9-3-5-10(6-4-9)15-7-13(2)11/h3-6,11H,7H2,1-2H3/p+1. The Kier molecular flexibility index (Phi) is 4.30. The molecule has 0 heterocycles. The molecule has 0 aromatic heterocycles. The van der Waals surface area contributed by atoms with Gasteiger partial charge in [-0.2, -0.15) is 0 Å². The van der Waals surface area contributed by atoms with Crippen molar-refractivity contribution < 1.29 is 9.49 Å². The molecule has 0 atom stereocenters. The molecule has 0 bridgehead atoms. The van der Waals surface area contributed by atoms with Gasteiger partial charge in [-0.05, 0) is 24.3 Å². The molecule has 1 aromatic rings. The third-order valence-electron chi connectivity index (χ3n) is 1.60. The number of amides is 1. The van der Waals surface area contributed by atoms with Crippen molar-refractivity contribution in [3.8, 4) is 0 Å². The highest BCUT2D eigenvalue weighted by molar-refractivity contribution is 7.99. The first-order valence-corrected chi connectivity index (χ1v) is 5.49. The molecule has 0 radical (unpaired) electrons. The minimum absolute atomic E-state index is 0.0682. The van der Waals surface area contributed by atoms with Crippen LogP contribution >= 0.6 is 11.8 Å². The molecule has 1 aromatic carbocycles. The van der Waals surface area contributed by atoms with Crippen LogP contribution in [0.25, 0.3) is 0 Å². The van der Waals surface area contributed by atoms with E-state index in [0.717, 1.165) is 10.6 Å². The van der Waals surface area contributed by atoms with Crippen LogP contribution in [0.4, 0.5) is 5.69 Å². The number of nitrogens with one attached hydrogen (secondary N) is 2. The van der Waals surface area contributed by atoms with Gasteiger partial charge in [-0.3, -0.25) is 4.79 Å². The molecule has 4 nitrogen and oxygen atoms in total. The van der Waals surface area contributed by atoms with E-state index in [1.807, 2.05) is 24.3 Å². The molecule has 0 aliphatic rings. The minimum Gasteiger partial charge on any atom is -0.326 e. The van der Waals surface area contributed by atoms with Crippen LogP contribution < -0.4 is 5.32 Å². The molecule has 0 unspecified atom stereocenters. The number of carbonyl (C=O) groups is 1. The summed E-state index contributed by atoms with van der Waals surface area (Å²) in [5.74, 6) is 0.556. The Morgan fingerprint density at radius 3 is 2.53 bits per heavy atom. The fraction of sp³-hybridized carbons (Fsp3) is 0.300. The third-order valence-corrected chi connectivity index (χ3v) is 2.72. The highest BCUT2D eigenvalue weighted by atomic mass is 32.2. The van der Waals surface area contributed by atoms with Crippen LogP contribution in [0.3, 0.4) is 0 Å². The van der Waals surface area contributed by atoms with Gasteiger partial charge in [-0.1, -0.05) is 17.3 Å². The number of carbonyl (C=O) groups excluding carboxylic acids is 1. The Labute approximate surface area is 93.2 Å². The van der Waals surface area contributed by atoms with Gasteiger partial charge in [0.05, 0.1) is 0 Å². The lowest BCUT2D eigenvalue weighted by molar-refractivity contribution is -0.568. The molecule has 0 aliphatic heterocycles. The molecule has 0 saturated heterocycles. The second kappa shape index (κ2) is 5.50. The van der Waals surface area contributed by atoms with Crippen molar-refractivity contribution in [3.05, 3.63) is 24.3 Å². The number of nitrogens with zero attached hydrogens (tertiary/aromatic N) is 1. The van der Waals surface area contributed by atoms with Crippen LogP contribution in [0.2, 0.25) is 0 Å². The largest absolute Gasteiger partial charge is 0.326 e. The second-order valence-electron chi connectivity index (χ2n) is 3.18. The molecule has 0 aliphatic carbocycles. The van der Waals surface area contributed by atoms with Gasteiger partial charge >= 0.3 is 0 Å². The Bertz CT molecular complexity index is 361. The molecule has 80 valence electrons. The number of hydrogen-bond donors (Lipinski definition) is 2. The molecule has 2 N–H and O–H groups in total. The summed E-state index contributed by atoms with van der Waals surface area (Å²) in [6.45, 7) is 1.48. The van der Waals surface area contributed by atoms with E-state index < -0.39 is 0 Å². The lowest BCUT2D eigenvalue weighted by atomic mass is 10.3. The van der Waals surface area contributed by atoms with E-state index in [0.29, 0.717) is 5.88 Å². The summed E-state index contributed by atoms with van der Waals surface area (Å²) in [5.41, 5.74) is 8.01. The van der Waals surface area contributed by atoms with Gasteiger partial charge in [-0.25, -0.2) is 0 Å². The maximum absolute atomic E-state index is 10.8. The first kappa shape index (κ1) is 11.7. The van der Waals surface area contributed by atoms with Crippen molar-refractivity contribution >= 4 is 23.4 Å². The molecule has 0 spiro atoms. The van der Waals surface area contributed by atoms with E-state index in [4.69, 9.17) is 5.53 Å². The lowest BCUT2D eigenvalue weighted by Crippen LogP contribution is -2.05. The van der Waals surface area contributed by atoms with Crippen molar-refractivity contribution in [2.75, 3.05) is 18.2 Å². The zero-order chi connectivity index (χ0) is 11.3. The first-order chi connectivity index (χ1) is 7.08. The predicted octanol–water partition coefficient (Wildman–Crippen LogP) is 2.37. The molecule has 0 saturated carbocycles. The van der Waals surface area contributed by atoms with Crippen LogP contribution in [0.5, 0.6) is 0 Å². The summed E-state index contributed by atoms with van der Waals surface area (Å²) in [5, 5.41) is 2.70. The van der Waals surface area contributed by atoms with Crippen LogP contribution in [0.15, 0.2) is 29.2 Å². The third kappa shape index (κ3) is 4.60.